The Morgan fingerprint density at radius 1 is 1.13 bits per heavy atom. The molecule has 0 saturated carbocycles. The molecule has 6 rings (SSSR count). The van der Waals surface area contributed by atoms with E-state index in [1.165, 1.54) is 4.52 Å². The van der Waals surface area contributed by atoms with E-state index in [9.17, 15) is 27.6 Å². The molecule has 3 aromatic rings. The van der Waals surface area contributed by atoms with Gasteiger partial charge in [0.05, 0.1) is 29.5 Å². The van der Waals surface area contributed by atoms with E-state index in [4.69, 9.17) is 26.1 Å². The van der Waals surface area contributed by atoms with E-state index < -0.39 is 34.8 Å². The Balaban J connectivity index is 1.38. The second-order valence-corrected chi connectivity index (χ2v) is 13.7. The minimum atomic E-state index is -4.59. The number of carbonyl (C=O) groups is 2. The monoisotopic (exact) mass is 676 g/mol. The van der Waals surface area contributed by atoms with Crippen LogP contribution in [0.2, 0.25) is 5.02 Å². The summed E-state index contributed by atoms with van der Waals surface area (Å²) in [5, 5.41) is 6.97. The van der Waals surface area contributed by atoms with Gasteiger partial charge < -0.3 is 24.3 Å². The van der Waals surface area contributed by atoms with Crippen molar-refractivity contribution < 1.29 is 32.2 Å². The predicted octanol–water partition coefficient (Wildman–Crippen LogP) is 5.61. The molecule has 2 aliphatic heterocycles. The first-order valence-corrected chi connectivity index (χ1v) is 16.0. The molecule has 1 spiro atoms. The number of amides is 2. The topological polar surface area (TPSA) is 120 Å². The molecule has 11 nitrogen and oxygen atoms in total. The highest BCUT2D eigenvalue weighted by Crippen LogP contribution is 2.44. The molecular weight excluding hydrogens is 641 g/mol. The standard InChI is InChI=1S/C32H36ClF3N6O5/c1-30(2,3)47-29(45)40-13-11-31(12-14-40)10-4-5-23-25(31)27(44)42-28(38-26(39-42)19-8-15-46-16-9-19)41(23)18-24(43)37-22-7-6-20(17-21(22)33)32(34,35)36/h6-8,17H,4-5,9-16,18H2,1-3H3,(H,37,43). The second kappa shape index (κ2) is 12.3. The summed E-state index contributed by atoms with van der Waals surface area (Å²) < 4.78 is 53.5. The summed E-state index contributed by atoms with van der Waals surface area (Å²) in [6.45, 7) is 6.81. The number of anilines is 1. The molecule has 0 atom stereocenters. The smallest absolute Gasteiger partial charge is 0.416 e. The third-order valence-electron chi connectivity index (χ3n) is 8.95. The van der Waals surface area contributed by atoms with Crippen molar-refractivity contribution in [2.24, 2.45) is 0 Å². The molecular formula is C32H36ClF3N6O5. The van der Waals surface area contributed by atoms with Crippen molar-refractivity contribution >= 4 is 40.6 Å². The van der Waals surface area contributed by atoms with Gasteiger partial charge >= 0.3 is 12.3 Å². The number of likely N-dealkylation sites (tertiary alicyclic amines) is 1. The lowest BCUT2D eigenvalue weighted by atomic mass is 9.66. The fourth-order valence-corrected chi connectivity index (χ4v) is 6.94. The molecule has 4 heterocycles. The first kappa shape index (κ1) is 33.0. The number of aromatic nitrogens is 4. The average molecular weight is 677 g/mol. The van der Waals surface area contributed by atoms with E-state index in [-0.39, 0.29) is 28.6 Å². The molecule has 2 aromatic heterocycles. The summed E-state index contributed by atoms with van der Waals surface area (Å²) in [7, 11) is 0. The van der Waals surface area contributed by atoms with Gasteiger partial charge in [-0.25, -0.2) is 4.79 Å². The number of rotatable bonds is 4. The Kier molecular flexibility index (Phi) is 8.62. The van der Waals surface area contributed by atoms with Crippen LogP contribution in [0.15, 0.2) is 29.1 Å². The van der Waals surface area contributed by atoms with Crippen LogP contribution in [0.1, 0.15) is 75.5 Å². The highest BCUT2D eigenvalue weighted by atomic mass is 35.5. The molecule has 3 aliphatic rings. The molecule has 1 fully saturated rings. The van der Waals surface area contributed by atoms with Crippen LogP contribution in [0.3, 0.4) is 0 Å². The number of hydrogen-bond acceptors (Lipinski definition) is 7. The van der Waals surface area contributed by atoms with Crippen molar-refractivity contribution in [1.82, 2.24) is 24.1 Å². The first-order chi connectivity index (χ1) is 22.1. The van der Waals surface area contributed by atoms with Gasteiger partial charge in [0.2, 0.25) is 11.7 Å². The minimum Gasteiger partial charge on any atom is -0.444 e. The summed E-state index contributed by atoms with van der Waals surface area (Å²) in [6.07, 6.45) is 0.450. The number of benzene rings is 1. The van der Waals surface area contributed by atoms with Crippen LogP contribution in [0.25, 0.3) is 11.4 Å². The third kappa shape index (κ3) is 6.62. The SMILES string of the molecule is CC(C)(C)OC(=O)N1CCC2(CCCc3c2c(=O)n2nc(C4=CCOCC4)nc2n3CC(=O)Nc2ccc(C(F)(F)F)cc2Cl)CC1. The molecule has 0 bridgehead atoms. The maximum atomic E-state index is 14.3. The number of halogens is 4. The summed E-state index contributed by atoms with van der Waals surface area (Å²) in [5.74, 6) is -0.0110. The van der Waals surface area contributed by atoms with Crippen LogP contribution in [-0.2, 0) is 38.8 Å². The number of alkyl halides is 3. The van der Waals surface area contributed by atoms with Crippen molar-refractivity contribution in [2.75, 3.05) is 31.6 Å². The van der Waals surface area contributed by atoms with Gasteiger partial charge in [0.15, 0.2) is 5.82 Å². The predicted molar refractivity (Wildman–Crippen MR) is 167 cm³/mol. The van der Waals surface area contributed by atoms with E-state index in [0.717, 1.165) is 36.6 Å². The van der Waals surface area contributed by atoms with Gasteiger partial charge in [-0.2, -0.15) is 22.7 Å². The number of hydrogen-bond donors (Lipinski definition) is 1. The zero-order chi connectivity index (χ0) is 33.7. The normalized spacial score (nSPS) is 18.2. The molecule has 1 saturated heterocycles. The van der Waals surface area contributed by atoms with Gasteiger partial charge in [-0.05, 0) is 83.1 Å². The molecule has 0 radical (unpaired) electrons. The van der Waals surface area contributed by atoms with Crippen molar-refractivity contribution in [2.45, 2.75) is 83.0 Å². The van der Waals surface area contributed by atoms with E-state index in [0.29, 0.717) is 69.1 Å². The summed E-state index contributed by atoms with van der Waals surface area (Å²) >= 11 is 6.13. The van der Waals surface area contributed by atoms with Gasteiger partial charge in [-0.15, -0.1) is 5.10 Å². The van der Waals surface area contributed by atoms with Crippen LogP contribution < -0.4 is 10.9 Å². The molecule has 47 heavy (non-hydrogen) atoms. The summed E-state index contributed by atoms with van der Waals surface area (Å²) in [5.41, 5.74) is -0.380. The Bertz CT molecular complexity index is 1820. The van der Waals surface area contributed by atoms with Crippen molar-refractivity contribution in [1.29, 1.82) is 0 Å². The maximum absolute atomic E-state index is 14.3. The molecule has 1 aromatic carbocycles. The van der Waals surface area contributed by atoms with Gasteiger partial charge in [0.25, 0.3) is 5.56 Å². The van der Waals surface area contributed by atoms with E-state index in [2.05, 4.69) is 10.4 Å². The second-order valence-electron chi connectivity index (χ2n) is 13.3. The number of carbonyl (C=O) groups excluding carboxylic acids is 2. The Hall–Kier alpha value is -3.91. The van der Waals surface area contributed by atoms with E-state index >= 15 is 0 Å². The lowest BCUT2D eigenvalue weighted by molar-refractivity contribution is -0.137. The first-order valence-electron chi connectivity index (χ1n) is 15.6. The number of ether oxygens (including phenoxy) is 2. The fourth-order valence-electron chi connectivity index (χ4n) is 6.71. The Labute approximate surface area is 273 Å². The zero-order valence-electron chi connectivity index (χ0n) is 26.4. The van der Waals surface area contributed by atoms with Gasteiger partial charge in [0.1, 0.15) is 12.1 Å². The highest BCUT2D eigenvalue weighted by molar-refractivity contribution is 6.33. The average Bonchev–Trinajstić information content (AvgIpc) is 3.46. The van der Waals surface area contributed by atoms with Crippen LogP contribution >= 0.6 is 11.6 Å². The van der Waals surface area contributed by atoms with Crippen LogP contribution in [-0.4, -0.2) is 68.0 Å². The number of nitrogens with zero attached hydrogens (tertiary/aromatic N) is 5. The van der Waals surface area contributed by atoms with Gasteiger partial charge in [0, 0.05) is 29.8 Å². The van der Waals surface area contributed by atoms with Gasteiger partial charge in [-0.1, -0.05) is 17.7 Å². The molecule has 1 aliphatic carbocycles. The largest absolute Gasteiger partial charge is 0.444 e. The quantitative estimate of drug-likeness (QED) is 0.382. The molecule has 0 unspecified atom stereocenters. The summed E-state index contributed by atoms with van der Waals surface area (Å²) in [6, 6.07) is 2.72. The lowest BCUT2D eigenvalue weighted by Crippen LogP contribution is -2.51. The Morgan fingerprint density at radius 2 is 1.87 bits per heavy atom. The van der Waals surface area contributed by atoms with Gasteiger partial charge in [-0.3, -0.25) is 9.59 Å². The van der Waals surface area contributed by atoms with Crippen LogP contribution in [0, 0.1) is 0 Å². The fraction of sp³-hybridized carbons (Fsp3) is 0.531. The van der Waals surface area contributed by atoms with Crippen molar-refractivity contribution in [3.8, 4) is 0 Å². The summed E-state index contributed by atoms with van der Waals surface area (Å²) in [4.78, 5) is 47.0. The molecule has 15 heteroatoms. The molecule has 2 amide bonds. The zero-order valence-corrected chi connectivity index (χ0v) is 27.1. The van der Waals surface area contributed by atoms with Crippen molar-refractivity contribution in [3.63, 3.8) is 0 Å². The van der Waals surface area contributed by atoms with Crippen molar-refractivity contribution in [3.05, 3.63) is 62.3 Å². The lowest BCUT2D eigenvalue weighted by Gasteiger charge is -2.45. The molecule has 1 N–H and O–H groups in total. The maximum Gasteiger partial charge on any atom is 0.416 e. The number of nitrogens with one attached hydrogen (secondary N) is 1. The molecule has 252 valence electrons. The minimum absolute atomic E-state index is 0.0242. The Morgan fingerprint density at radius 3 is 2.51 bits per heavy atom. The van der Waals surface area contributed by atoms with Crippen LogP contribution in [0.5, 0.6) is 0 Å². The number of piperidine rings is 1. The third-order valence-corrected chi connectivity index (χ3v) is 9.26. The number of fused-ring (bicyclic) bond motifs is 3. The van der Waals surface area contributed by atoms with E-state index in [1.807, 2.05) is 26.8 Å². The van der Waals surface area contributed by atoms with E-state index in [1.54, 1.807) is 9.47 Å². The van der Waals surface area contributed by atoms with Crippen LogP contribution in [0.4, 0.5) is 23.7 Å². The highest BCUT2D eigenvalue weighted by Gasteiger charge is 2.45.